The van der Waals surface area contributed by atoms with Crippen molar-refractivity contribution in [3.8, 4) is 22.3 Å². The van der Waals surface area contributed by atoms with E-state index in [0.717, 1.165) is 22.1 Å². The predicted octanol–water partition coefficient (Wildman–Crippen LogP) is 11.0. The van der Waals surface area contributed by atoms with E-state index in [4.69, 9.17) is 4.74 Å². The minimum absolute atomic E-state index is 0.0848. The van der Waals surface area contributed by atoms with Crippen LogP contribution in [0.15, 0.2) is 84.9 Å². The number of benzene rings is 6. The highest BCUT2D eigenvalue weighted by atomic mass is 16.5. The topological polar surface area (TPSA) is 26.3 Å². The maximum Gasteiger partial charge on any atom is 0.338 e. The summed E-state index contributed by atoms with van der Waals surface area (Å²) in [5, 5.41) is 7.29. The van der Waals surface area contributed by atoms with Crippen LogP contribution >= 0.6 is 0 Å². The second-order valence-corrected chi connectivity index (χ2v) is 13.7. The Balaban J connectivity index is 1.65. The zero-order valence-electron chi connectivity index (χ0n) is 26.1. The van der Waals surface area contributed by atoms with E-state index in [9.17, 15) is 4.79 Å². The molecule has 0 fully saturated rings. The third-order valence-corrected chi connectivity index (χ3v) is 8.68. The van der Waals surface area contributed by atoms with Crippen molar-refractivity contribution in [3.05, 3.63) is 107 Å². The van der Waals surface area contributed by atoms with Crippen LogP contribution in [0, 0.1) is 6.92 Å². The molecule has 0 heterocycles. The second kappa shape index (κ2) is 9.98. The van der Waals surface area contributed by atoms with Gasteiger partial charge in [0.2, 0.25) is 0 Å². The largest absolute Gasteiger partial charge is 0.462 e. The molecule has 0 N–H and O–H groups in total. The molecule has 0 bridgehead atoms. The molecule has 0 aliphatic heterocycles. The predicted molar refractivity (Wildman–Crippen MR) is 179 cm³/mol. The van der Waals surface area contributed by atoms with Crippen molar-refractivity contribution in [3.63, 3.8) is 0 Å². The van der Waals surface area contributed by atoms with E-state index < -0.39 is 0 Å². The molecule has 2 nitrogen and oxygen atoms in total. The molecule has 0 saturated carbocycles. The third-order valence-electron chi connectivity index (χ3n) is 8.68. The Kier molecular flexibility index (Phi) is 6.65. The number of rotatable bonds is 4. The van der Waals surface area contributed by atoms with Crippen LogP contribution in [0.4, 0.5) is 0 Å². The first-order valence-corrected chi connectivity index (χ1v) is 15.0. The summed E-state index contributed by atoms with van der Waals surface area (Å²) >= 11 is 0. The molecular weight excluding hydrogens is 512 g/mol. The molecular formula is C40H40O2. The molecule has 0 aromatic heterocycles. The van der Waals surface area contributed by atoms with Crippen molar-refractivity contribution in [2.45, 2.75) is 66.2 Å². The van der Waals surface area contributed by atoms with Crippen LogP contribution in [0.2, 0.25) is 0 Å². The quantitative estimate of drug-likeness (QED) is 0.161. The highest BCUT2D eigenvalue weighted by molar-refractivity contribution is 6.29. The first-order chi connectivity index (χ1) is 19.9. The summed E-state index contributed by atoms with van der Waals surface area (Å²) in [4.78, 5) is 13.3. The summed E-state index contributed by atoms with van der Waals surface area (Å²) in [5.41, 5.74) is 8.88. The fourth-order valence-corrected chi connectivity index (χ4v) is 6.36. The zero-order chi connectivity index (χ0) is 30.0. The number of ether oxygens (including phenoxy) is 1. The van der Waals surface area contributed by atoms with Gasteiger partial charge in [-0.05, 0) is 114 Å². The molecule has 2 heteroatoms. The van der Waals surface area contributed by atoms with Crippen LogP contribution in [0.25, 0.3) is 54.6 Å². The van der Waals surface area contributed by atoms with Gasteiger partial charge >= 0.3 is 5.97 Å². The Morgan fingerprint density at radius 2 is 1.12 bits per heavy atom. The summed E-state index contributed by atoms with van der Waals surface area (Å²) < 4.78 is 5.57. The second-order valence-electron chi connectivity index (χ2n) is 13.7. The first-order valence-electron chi connectivity index (χ1n) is 15.0. The van der Waals surface area contributed by atoms with E-state index >= 15 is 0 Å². The van der Waals surface area contributed by atoms with Gasteiger partial charge in [-0.1, -0.05) is 108 Å². The molecule has 0 unspecified atom stereocenters. The van der Waals surface area contributed by atoms with Crippen molar-refractivity contribution in [2.75, 3.05) is 6.61 Å². The molecule has 0 spiro atoms. The molecule has 42 heavy (non-hydrogen) atoms. The Labute approximate surface area is 249 Å². The number of carbonyl (C=O) groups excluding carboxylic acids is 1. The van der Waals surface area contributed by atoms with Crippen LogP contribution < -0.4 is 0 Å². The molecule has 0 atom stereocenters. The maximum absolute atomic E-state index is 13.3. The van der Waals surface area contributed by atoms with Gasteiger partial charge in [0.05, 0.1) is 12.2 Å². The molecule has 0 radical (unpaired) electrons. The molecule has 6 aromatic rings. The summed E-state index contributed by atoms with van der Waals surface area (Å²) in [6.07, 6.45) is 0. The minimum atomic E-state index is -0.278. The molecule has 0 aliphatic rings. The van der Waals surface area contributed by atoms with Crippen molar-refractivity contribution in [1.29, 1.82) is 0 Å². The monoisotopic (exact) mass is 552 g/mol. The van der Waals surface area contributed by atoms with Gasteiger partial charge in [0.1, 0.15) is 0 Å². The lowest BCUT2D eigenvalue weighted by molar-refractivity contribution is 0.0527. The fourth-order valence-electron chi connectivity index (χ4n) is 6.36. The number of esters is 1. The van der Waals surface area contributed by atoms with Crippen LogP contribution in [0.3, 0.4) is 0 Å². The van der Waals surface area contributed by atoms with Gasteiger partial charge in [0.25, 0.3) is 0 Å². The standard InChI is InChI=1S/C40H40O2/c1-9-42-38(41)35-23-28(40(6,7)8)17-19-30(35)34-22-26-13-10-14-31-33(21-25-12-11-15-32(34)37(25)36(26)31)29-18-16-27(20-24(29)2)39(3,4)5/h10-23H,9H2,1-8H3. The third kappa shape index (κ3) is 4.64. The highest BCUT2D eigenvalue weighted by Crippen LogP contribution is 2.45. The lowest BCUT2D eigenvalue weighted by atomic mass is 9.81. The molecule has 6 rings (SSSR count). The number of aryl methyl sites for hydroxylation is 1. The SMILES string of the molecule is CCOC(=O)c1cc(C(C)(C)C)ccc1-c1cc2cccc3c(-c4ccc(C(C)(C)C)cc4C)cc4cccc1c4c23. The fraction of sp³-hybridized carbons (Fsp3) is 0.275. The van der Waals surface area contributed by atoms with Gasteiger partial charge < -0.3 is 4.74 Å². The molecule has 212 valence electrons. The van der Waals surface area contributed by atoms with Crippen molar-refractivity contribution in [1.82, 2.24) is 0 Å². The van der Waals surface area contributed by atoms with Gasteiger partial charge in [-0.3, -0.25) is 0 Å². The van der Waals surface area contributed by atoms with E-state index in [2.05, 4.69) is 127 Å². The first kappa shape index (κ1) is 28.0. The van der Waals surface area contributed by atoms with Crippen LogP contribution in [-0.4, -0.2) is 12.6 Å². The smallest absolute Gasteiger partial charge is 0.338 e. The minimum Gasteiger partial charge on any atom is -0.462 e. The average molecular weight is 553 g/mol. The van der Waals surface area contributed by atoms with E-state index in [0.29, 0.717) is 12.2 Å². The molecule has 0 saturated heterocycles. The number of carbonyl (C=O) groups is 1. The highest BCUT2D eigenvalue weighted by Gasteiger charge is 2.23. The average Bonchev–Trinajstić information content (AvgIpc) is 2.94. The van der Waals surface area contributed by atoms with Gasteiger partial charge in [-0.15, -0.1) is 0 Å². The van der Waals surface area contributed by atoms with Crippen molar-refractivity contribution < 1.29 is 9.53 Å². The van der Waals surface area contributed by atoms with Crippen LogP contribution in [0.1, 0.15) is 75.5 Å². The summed E-state index contributed by atoms with van der Waals surface area (Å²) in [6.45, 7) is 17.7. The Bertz CT molecular complexity index is 1980. The van der Waals surface area contributed by atoms with Crippen molar-refractivity contribution in [2.24, 2.45) is 0 Å². The Morgan fingerprint density at radius 1 is 0.619 bits per heavy atom. The Hall–Kier alpha value is -4.17. The van der Waals surface area contributed by atoms with Gasteiger partial charge in [-0.25, -0.2) is 4.79 Å². The molecule has 0 aliphatic carbocycles. The molecule has 0 amide bonds. The summed E-state index contributed by atoms with van der Waals surface area (Å²) in [5.74, 6) is -0.278. The number of hydrogen-bond donors (Lipinski definition) is 0. The van der Waals surface area contributed by atoms with E-state index in [1.54, 1.807) is 0 Å². The lowest BCUT2D eigenvalue weighted by Crippen LogP contribution is -2.14. The maximum atomic E-state index is 13.3. The summed E-state index contributed by atoms with van der Waals surface area (Å²) in [7, 11) is 0. The van der Waals surface area contributed by atoms with Crippen molar-refractivity contribution >= 4 is 38.3 Å². The van der Waals surface area contributed by atoms with Gasteiger partial charge in [0.15, 0.2) is 0 Å². The number of hydrogen-bond acceptors (Lipinski definition) is 2. The lowest BCUT2D eigenvalue weighted by Gasteiger charge is -2.23. The summed E-state index contributed by atoms with van der Waals surface area (Å²) in [6, 6.07) is 31.0. The van der Waals surface area contributed by atoms with E-state index in [-0.39, 0.29) is 16.8 Å². The molecule has 6 aromatic carbocycles. The van der Waals surface area contributed by atoms with Crippen LogP contribution in [0.5, 0.6) is 0 Å². The van der Waals surface area contributed by atoms with Crippen LogP contribution in [-0.2, 0) is 15.6 Å². The Morgan fingerprint density at radius 3 is 1.62 bits per heavy atom. The van der Waals surface area contributed by atoms with Gasteiger partial charge in [-0.2, -0.15) is 0 Å². The normalized spacial score (nSPS) is 12.5. The van der Waals surface area contributed by atoms with E-state index in [1.165, 1.54) is 49.2 Å². The van der Waals surface area contributed by atoms with Gasteiger partial charge in [0, 0.05) is 0 Å². The zero-order valence-corrected chi connectivity index (χ0v) is 26.1. The van der Waals surface area contributed by atoms with E-state index in [1.807, 2.05) is 13.0 Å².